The van der Waals surface area contributed by atoms with Gasteiger partial charge in [-0.05, 0) is 24.3 Å². The fourth-order valence-electron chi connectivity index (χ4n) is 2.22. The molecule has 122 valence electrons. The second-order valence-electron chi connectivity index (χ2n) is 5.00. The number of amides is 1. The molecule has 0 radical (unpaired) electrons. The van der Waals surface area contributed by atoms with Gasteiger partial charge in [-0.2, -0.15) is 0 Å². The number of aliphatic hydroxyl groups excluding tert-OH is 3. The number of rotatable bonds is 4. The average molecular weight is 331 g/mol. The molecule has 0 saturated carbocycles. The molecule has 22 heavy (non-hydrogen) atoms. The highest BCUT2D eigenvalue weighted by Gasteiger charge is 2.45. The third-order valence-corrected chi connectivity index (χ3v) is 4.50. The number of thioether (sulfide) groups is 1. The zero-order valence-electron chi connectivity index (χ0n) is 11.8. The normalized spacial score (nSPS) is 31.8. The van der Waals surface area contributed by atoms with Crippen molar-refractivity contribution in [1.82, 2.24) is 5.32 Å². The van der Waals surface area contributed by atoms with E-state index in [4.69, 9.17) is 4.74 Å². The van der Waals surface area contributed by atoms with Crippen molar-refractivity contribution in [2.75, 3.05) is 6.61 Å². The third kappa shape index (κ3) is 3.96. The number of ether oxygens (including phenoxy) is 1. The molecular weight excluding hydrogens is 313 g/mol. The Balaban J connectivity index is 2.18. The Morgan fingerprint density at radius 2 is 1.95 bits per heavy atom. The van der Waals surface area contributed by atoms with Crippen LogP contribution >= 0.6 is 11.8 Å². The van der Waals surface area contributed by atoms with Crippen LogP contribution < -0.4 is 5.32 Å². The molecule has 5 atom stereocenters. The Kier molecular flexibility index (Phi) is 5.76. The summed E-state index contributed by atoms with van der Waals surface area (Å²) in [6, 6.07) is 4.80. The van der Waals surface area contributed by atoms with E-state index in [9.17, 15) is 24.5 Å². The van der Waals surface area contributed by atoms with E-state index >= 15 is 0 Å². The predicted molar refractivity (Wildman–Crippen MR) is 77.6 cm³/mol. The molecule has 1 aliphatic heterocycles. The van der Waals surface area contributed by atoms with Crippen molar-refractivity contribution in [3.05, 3.63) is 30.1 Å². The summed E-state index contributed by atoms with van der Waals surface area (Å²) in [5.41, 5.74) is -0.732. The summed E-state index contributed by atoms with van der Waals surface area (Å²) in [6.45, 7) is 0.822. The Labute approximate surface area is 131 Å². The lowest BCUT2D eigenvalue weighted by molar-refractivity contribution is -0.173. The van der Waals surface area contributed by atoms with E-state index in [-0.39, 0.29) is 11.7 Å². The van der Waals surface area contributed by atoms with E-state index in [2.05, 4.69) is 5.32 Å². The molecule has 0 aromatic heterocycles. The summed E-state index contributed by atoms with van der Waals surface area (Å²) < 4.78 is 18.5. The molecule has 4 N–H and O–H groups in total. The molecule has 1 amide bonds. The molecule has 1 saturated heterocycles. The average Bonchev–Trinajstić information content (AvgIpc) is 2.48. The molecule has 5 unspecified atom stereocenters. The fourth-order valence-corrected chi connectivity index (χ4v) is 3.35. The number of hydrogen-bond acceptors (Lipinski definition) is 6. The molecule has 1 fully saturated rings. The maximum atomic E-state index is 12.9. The first-order valence-corrected chi connectivity index (χ1v) is 7.62. The number of hydrogen-bond donors (Lipinski definition) is 4. The lowest BCUT2D eigenvalue weighted by atomic mass is 9.98. The summed E-state index contributed by atoms with van der Waals surface area (Å²) in [5, 5.41) is 31.8. The van der Waals surface area contributed by atoms with Crippen LogP contribution in [-0.4, -0.2) is 57.6 Å². The molecule has 1 aromatic carbocycles. The van der Waals surface area contributed by atoms with Gasteiger partial charge >= 0.3 is 0 Å². The molecule has 2 rings (SSSR count). The molecule has 1 aliphatic rings. The Morgan fingerprint density at radius 1 is 1.32 bits per heavy atom. The van der Waals surface area contributed by atoms with Crippen molar-refractivity contribution in [2.24, 2.45) is 0 Å². The van der Waals surface area contributed by atoms with E-state index in [1.807, 2.05) is 0 Å². The van der Waals surface area contributed by atoms with E-state index in [1.54, 1.807) is 12.1 Å². The Bertz CT molecular complexity index is 514. The number of aliphatic hydroxyl groups is 3. The molecule has 1 aromatic rings. The van der Waals surface area contributed by atoms with Crippen molar-refractivity contribution in [3.63, 3.8) is 0 Å². The minimum atomic E-state index is -1.31. The van der Waals surface area contributed by atoms with Gasteiger partial charge in [0.25, 0.3) is 0 Å². The number of carbonyl (C=O) groups excluding carboxylic acids is 1. The lowest BCUT2D eigenvalue weighted by Crippen LogP contribution is -2.63. The van der Waals surface area contributed by atoms with Gasteiger partial charge in [-0.1, -0.05) is 11.8 Å². The number of benzene rings is 1. The maximum Gasteiger partial charge on any atom is 0.217 e. The van der Waals surface area contributed by atoms with Crippen molar-refractivity contribution in [2.45, 2.75) is 41.6 Å². The predicted octanol–water partition coefficient (Wildman–Crippen LogP) is -0.138. The summed E-state index contributed by atoms with van der Waals surface area (Å²) in [5.74, 6) is -0.761. The number of halogens is 1. The second kappa shape index (κ2) is 7.38. The first kappa shape index (κ1) is 17.2. The standard InChI is InChI=1S/C14H18FNO5S/c1-7(18)16-11-13(20)12(19)10(6-17)21-14(11)22-9-4-2-8(15)3-5-9/h2-5,10-14,17,19-20H,6H2,1H3,(H,16,18). The lowest BCUT2D eigenvalue weighted by Gasteiger charge is -2.42. The minimum absolute atomic E-state index is 0.379. The molecule has 0 spiro atoms. The van der Waals surface area contributed by atoms with Crippen LogP contribution in [0.15, 0.2) is 29.2 Å². The van der Waals surface area contributed by atoms with Gasteiger partial charge in [0.2, 0.25) is 5.91 Å². The minimum Gasteiger partial charge on any atom is -0.394 e. The summed E-state index contributed by atoms with van der Waals surface area (Å²) in [4.78, 5) is 12.0. The van der Waals surface area contributed by atoms with Crippen molar-refractivity contribution in [3.8, 4) is 0 Å². The molecule has 0 aliphatic carbocycles. The summed E-state index contributed by atoms with van der Waals surface area (Å²) in [7, 11) is 0. The zero-order valence-corrected chi connectivity index (χ0v) is 12.7. The summed E-state index contributed by atoms with van der Waals surface area (Å²) in [6.07, 6.45) is -3.56. The van der Waals surface area contributed by atoms with Gasteiger partial charge in [0.15, 0.2) is 0 Å². The first-order valence-electron chi connectivity index (χ1n) is 6.74. The van der Waals surface area contributed by atoms with E-state index in [0.29, 0.717) is 4.90 Å². The first-order chi connectivity index (χ1) is 10.4. The van der Waals surface area contributed by atoms with E-state index in [1.165, 1.54) is 19.1 Å². The van der Waals surface area contributed by atoms with Crippen molar-refractivity contribution in [1.29, 1.82) is 0 Å². The highest BCUT2D eigenvalue weighted by Crippen LogP contribution is 2.33. The fraction of sp³-hybridized carbons (Fsp3) is 0.500. The zero-order chi connectivity index (χ0) is 16.3. The quantitative estimate of drug-likeness (QED) is 0.613. The number of nitrogens with one attached hydrogen (secondary N) is 1. The van der Waals surface area contributed by atoms with Crippen LogP contribution in [-0.2, 0) is 9.53 Å². The molecule has 1 heterocycles. The van der Waals surface area contributed by atoms with Crippen LogP contribution in [0.3, 0.4) is 0 Å². The largest absolute Gasteiger partial charge is 0.394 e. The molecule has 6 nitrogen and oxygen atoms in total. The van der Waals surface area contributed by atoms with Gasteiger partial charge < -0.3 is 25.4 Å². The highest BCUT2D eigenvalue weighted by molar-refractivity contribution is 7.99. The van der Waals surface area contributed by atoms with Gasteiger partial charge in [-0.15, -0.1) is 0 Å². The topological polar surface area (TPSA) is 99.0 Å². The van der Waals surface area contributed by atoms with Crippen LogP contribution in [0.5, 0.6) is 0 Å². The summed E-state index contributed by atoms with van der Waals surface area (Å²) >= 11 is 1.16. The second-order valence-corrected chi connectivity index (χ2v) is 6.18. The Morgan fingerprint density at radius 3 is 2.50 bits per heavy atom. The highest BCUT2D eigenvalue weighted by atomic mass is 32.2. The van der Waals surface area contributed by atoms with Crippen LogP contribution in [0.1, 0.15) is 6.92 Å². The van der Waals surface area contributed by atoms with Gasteiger partial charge in [0, 0.05) is 11.8 Å². The smallest absolute Gasteiger partial charge is 0.217 e. The van der Waals surface area contributed by atoms with E-state index < -0.39 is 36.4 Å². The maximum absolute atomic E-state index is 12.9. The van der Waals surface area contributed by atoms with E-state index in [0.717, 1.165) is 11.8 Å². The van der Waals surface area contributed by atoms with Crippen molar-refractivity contribution < 1.29 is 29.2 Å². The van der Waals surface area contributed by atoms with Crippen LogP contribution in [0, 0.1) is 5.82 Å². The Hall–Kier alpha value is -1.19. The van der Waals surface area contributed by atoms with Gasteiger partial charge in [-0.25, -0.2) is 4.39 Å². The third-order valence-electron chi connectivity index (χ3n) is 3.32. The monoisotopic (exact) mass is 331 g/mol. The SMILES string of the molecule is CC(=O)NC1C(Sc2ccc(F)cc2)OC(CO)C(O)C1O. The molecule has 0 bridgehead atoms. The van der Waals surface area contributed by atoms with Crippen LogP contribution in [0.2, 0.25) is 0 Å². The van der Waals surface area contributed by atoms with Gasteiger partial charge in [0.1, 0.15) is 29.6 Å². The molecule has 8 heteroatoms. The number of carbonyl (C=O) groups is 1. The van der Waals surface area contributed by atoms with Gasteiger partial charge in [0.05, 0.1) is 12.6 Å². The van der Waals surface area contributed by atoms with Crippen LogP contribution in [0.4, 0.5) is 4.39 Å². The van der Waals surface area contributed by atoms with Crippen molar-refractivity contribution >= 4 is 17.7 Å². The van der Waals surface area contributed by atoms with Gasteiger partial charge in [-0.3, -0.25) is 4.79 Å². The van der Waals surface area contributed by atoms with Crippen LogP contribution in [0.25, 0.3) is 0 Å². The molecular formula is C14H18FNO5S.